The number of halogens is 3. The number of benzene rings is 1. The molecule has 1 aromatic heterocycles. The molecular formula is C12H9Br2FN2. The fourth-order valence-electron chi connectivity index (χ4n) is 1.38. The lowest BCUT2D eigenvalue weighted by Gasteiger charge is -2.10. The summed E-state index contributed by atoms with van der Waals surface area (Å²) in [6.07, 6.45) is 1.55. The van der Waals surface area contributed by atoms with Gasteiger partial charge in [0.2, 0.25) is 0 Å². The molecule has 88 valence electrons. The van der Waals surface area contributed by atoms with Crippen molar-refractivity contribution in [3.05, 3.63) is 50.8 Å². The first-order chi connectivity index (χ1) is 8.08. The minimum absolute atomic E-state index is 0.217. The van der Waals surface area contributed by atoms with Crippen LogP contribution in [-0.2, 0) is 0 Å². The average Bonchev–Trinajstić information content (AvgIpc) is 2.28. The third kappa shape index (κ3) is 2.84. The quantitative estimate of drug-likeness (QED) is 0.833. The van der Waals surface area contributed by atoms with Gasteiger partial charge in [-0.15, -0.1) is 0 Å². The smallest absolute Gasteiger partial charge is 0.166 e. The van der Waals surface area contributed by atoms with Crippen LogP contribution in [0.2, 0.25) is 0 Å². The summed E-state index contributed by atoms with van der Waals surface area (Å²) in [4.78, 5) is 4.00. The molecule has 2 aromatic rings. The van der Waals surface area contributed by atoms with Crippen LogP contribution in [0.4, 0.5) is 15.9 Å². The summed E-state index contributed by atoms with van der Waals surface area (Å²) < 4.78 is 15.2. The summed E-state index contributed by atoms with van der Waals surface area (Å²) >= 11 is 6.60. The zero-order valence-corrected chi connectivity index (χ0v) is 12.1. The fourth-order valence-corrected chi connectivity index (χ4v) is 2.05. The lowest BCUT2D eigenvalue weighted by Crippen LogP contribution is -1.98. The van der Waals surface area contributed by atoms with Crippen LogP contribution in [0.1, 0.15) is 5.56 Å². The van der Waals surface area contributed by atoms with Gasteiger partial charge in [0.25, 0.3) is 0 Å². The van der Waals surface area contributed by atoms with Gasteiger partial charge in [-0.2, -0.15) is 0 Å². The maximum absolute atomic E-state index is 13.6. The number of aromatic nitrogens is 1. The van der Waals surface area contributed by atoms with E-state index in [1.54, 1.807) is 6.20 Å². The number of anilines is 2. The van der Waals surface area contributed by atoms with Crippen molar-refractivity contribution >= 4 is 43.4 Å². The van der Waals surface area contributed by atoms with Crippen molar-refractivity contribution in [2.75, 3.05) is 5.32 Å². The van der Waals surface area contributed by atoms with Gasteiger partial charge in [0.15, 0.2) is 11.6 Å². The molecule has 1 N–H and O–H groups in total. The Morgan fingerprint density at radius 3 is 2.76 bits per heavy atom. The van der Waals surface area contributed by atoms with E-state index < -0.39 is 5.82 Å². The topological polar surface area (TPSA) is 24.9 Å². The van der Waals surface area contributed by atoms with Crippen LogP contribution in [0.15, 0.2) is 39.4 Å². The monoisotopic (exact) mass is 358 g/mol. The summed E-state index contributed by atoms with van der Waals surface area (Å²) in [7, 11) is 0. The fraction of sp³-hybridized carbons (Fsp3) is 0.0833. The zero-order valence-electron chi connectivity index (χ0n) is 8.97. The van der Waals surface area contributed by atoms with Gasteiger partial charge in [-0.25, -0.2) is 9.37 Å². The highest BCUT2D eigenvalue weighted by Gasteiger charge is 2.07. The SMILES string of the molecule is Cc1c(Br)cccc1Nc1ncc(Br)cc1F. The number of hydrogen-bond donors (Lipinski definition) is 1. The van der Waals surface area contributed by atoms with Crippen molar-refractivity contribution in [3.63, 3.8) is 0 Å². The number of rotatable bonds is 2. The second-order valence-corrected chi connectivity index (χ2v) is 5.29. The molecule has 0 aliphatic rings. The molecular weight excluding hydrogens is 351 g/mol. The van der Waals surface area contributed by atoms with Gasteiger partial charge < -0.3 is 5.32 Å². The molecule has 0 saturated heterocycles. The first kappa shape index (κ1) is 12.5. The van der Waals surface area contributed by atoms with E-state index in [0.717, 1.165) is 15.7 Å². The lowest BCUT2D eigenvalue weighted by atomic mass is 10.2. The Kier molecular flexibility index (Phi) is 3.79. The normalized spacial score (nSPS) is 10.4. The molecule has 0 aliphatic heterocycles. The molecule has 0 unspecified atom stereocenters. The molecule has 0 radical (unpaired) electrons. The van der Waals surface area contributed by atoms with Crippen molar-refractivity contribution < 1.29 is 4.39 Å². The van der Waals surface area contributed by atoms with Crippen molar-refractivity contribution in [1.29, 1.82) is 0 Å². The van der Waals surface area contributed by atoms with Crippen LogP contribution < -0.4 is 5.32 Å². The Labute approximate surface area is 116 Å². The van der Waals surface area contributed by atoms with Crippen LogP contribution in [0, 0.1) is 12.7 Å². The lowest BCUT2D eigenvalue weighted by molar-refractivity contribution is 0.625. The standard InChI is InChI=1S/C12H9Br2FN2/c1-7-9(14)3-2-4-11(7)17-12-10(15)5-8(13)6-16-12/h2-6H,1H3,(H,16,17). The molecule has 1 aromatic carbocycles. The van der Waals surface area contributed by atoms with Crippen molar-refractivity contribution in [2.45, 2.75) is 6.92 Å². The van der Waals surface area contributed by atoms with Crippen LogP contribution in [0.3, 0.4) is 0 Å². The van der Waals surface area contributed by atoms with E-state index in [-0.39, 0.29) is 5.82 Å². The van der Waals surface area contributed by atoms with Crippen LogP contribution in [0.5, 0.6) is 0 Å². The highest BCUT2D eigenvalue weighted by molar-refractivity contribution is 9.10. The maximum Gasteiger partial charge on any atom is 0.166 e. The van der Waals surface area contributed by atoms with E-state index in [2.05, 4.69) is 42.2 Å². The summed E-state index contributed by atoms with van der Waals surface area (Å²) in [5.74, 6) is -0.173. The van der Waals surface area contributed by atoms with Gasteiger partial charge in [-0.3, -0.25) is 0 Å². The van der Waals surface area contributed by atoms with Crippen molar-refractivity contribution in [3.8, 4) is 0 Å². The molecule has 0 fully saturated rings. The third-order valence-corrected chi connectivity index (χ3v) is 3.62. The van der Waals surface area contributed by atoms with Crippen LogP contribution in [-0.4, -0.2) is 4.98 Å². The Balaban J connectivity index is 2.35. The minimum Gasteiger partial charge on any atom is -0.338 e. The van der Waals surface area contributed by atoms with E-state index in [1.165, 1.54) is 6.07 Å². The first-order valence-electron chi connectivity index (χ1n) is 4.91. The second kappa shape index (κ2) is 5.14. The van der Waals surface area contributed by atoms with Crippen LogP contribution in [0.25, 0.3) is 0 Å². The number of pyridine rings is 1. The van der Waals surface area contributed by atoms with Gasteiger partial charge in [0.05, 0.1) is 0 Å². The van der Waals surface area contributed by atoms with E-state index in [4.69, 9.17) is 0 Å². The highest BCUT2D eigenvalue weighted by atomic mass is 79.9. The van der Waals surface area contributed by atoms with Gasteiger partial charge in [-0.05, 0) is 46.6 Å². The van der Waals surface area contributed by atoms with E-state index in [1.807, 2.05) is 25.1 Å². The maximum atomic E-state index is 13.6. The summed E-state index contributed by atoms with van der Waals surface area (Å²) in [6, 6.07) is 7.08. The predicted molar refractivity (Wildman–Crippen MR) is 74.1 cm³/mol. The average molecular weight is 360 g/mol. The van der Waals surface area contributed by atoms with Crippen molar-refractivity contribution in [2.24, 2.45) is 0 Å². The summed E-state index contributed by atoms with van der Waals surface area (Å²) in [5.41, 5.74) is 1.84. The minimum atomic E-state index is -0.390. The molecule has 5 heteroatoms. The van der Waals surface area contributed by atoms with Crippen molar-refractivity contribution in [1.82, 2.24) is 4.98 Å². The Hall–Kier alpha value is -0.940. The molecule has 0 aliphatic carbocycles. The Morgan fingerprint density at radius 1 is 1.29 bits per heavy atom. The predicted octanol–water partition coefficient (Wildman–Crippen LogP) is 4.80. The summed E-state index contributed by atoms with van der Waals surface area (Å²) in [6.45, 7) is 1.95. The molecule has 0 saturated carbocycles. The molecule has 2 nitrogen and oxygen atoms in total. The Bertz CT molecular complexity index is 558. The molecule has 0 atom stereocenters. The Morgan fingerprint density at radius 2 is 2.06 bits per heavy atom. The molecule has 0 amide bonds. The van der Waals surface area contributed by atoms with Gasteiger partial charge in [0.1, 0.15) is 0 Å². The number of nitrogens with one attached hydrogen (secondary N) is 1. The molecule has 2 rings (SSSR count). The zero-order chi connectivity index (χ0) is 12.4. The number of nitrogens with zero attached hydrogens (tertiary/aromatic N) is 1. The van der Waals surface area contributed by atoms with E-state index >= 15 is 0 Å². The second-order valence-electron chi connectivity index (χ2n) is 3.52. The molecule has 0 spiro atoms. The number of hydrogen-bond acceptors (Lipinski definition) is 2. The third-order valence-electron chi connectivity index (χ3n) is 2.33. The van der Waals surface area contributed by atoms with Gasteiger partial charge in [0, 0.05) is 20.8 Å². The van der Waals surface area contributed by atoms with E-state index in [9.17, 15) is 4.39 Å². The molecule has 17 heavy (non-hydrogen) atoms. The van der Waals surface area contributed by atoms with Gasteiger partial charge in [-0.1, -0.05) is 22.0 Å². The van der Waals surface area contributed by atoms with E-state index in [0.29, 0.717) is 4.47 Å². The molecule has 1 heterocycles. The first-order valence-corrected chi connectivity index (χ1v) is 6.49. The summed E-state index contributed by atoms with van der Waals surface area (Å²) in [5, 5.41) is 2.97. The van der Waals surface area contributed by atoms with Crippen LogP contribution >= 0.6 is 31.9 Å². The molecule has 0 bridgehead atoms. The van der Waals surface area contributed by atoms with Gasteiger partial charge >= 0.3 is 0 Å². The largest absolute Gasteiger partial charge is 0.338 e. The highest BCUT2D eigenvalue weighted by Crippen LogP contribution is 2.27.